The van der Waals surface area contributed by atoms with Crippen LogP contribution in [0, 0.1) is 0 Å². The summed E-state index contributed by atoms with van der Waals surface area (Å²) in [5.41, 5.74) is 2.76. The molecule has 0 saturated heterocycles. The SMILES string of the molecule is COc1cccc(N(CC(=O)N2c3ccccc3CC2C)C(C)=O)c1. The Kier molecular flexibility index (Phi) is 4.74. The highest BCUT2D eigenvalue weighted by atomic mass is 16.5. The second kappa shape index (κ2) is 6.97. The normalized spacial score (nSPS) is 15.6. The molecule has 1 unspecified atom stereocenters. The van der Waals surface area contributed by atoms with Crippen LogP contribution in [0.1, 0.15) is 19.4 Å². The van der Waals surface area contributed by atoms with Crippen LogP contribution in [0.5, 0.6) is 5.75 Å². The number of carbonyl (C=O) groups is 2. The number of para-hydroxylation sites is 1. The van der Waals surface area contributed by atoms with Crippen molar-refractivity contribution in [2.45, 2.75) is 26.3 Å². The van der Waals surface area contributed by atoms with E-state index in [9.17, 15) is 9.59 Å². The van der Waals surface area contributed by atoms with Crippen LogP contribution in [-0.4, -0.2) is 31.5 Å². The first-order valence-electron chi connectivity index (χ1n) is 8.33. The van der Waals surface area contributed by atoms with E-state index in [1.807, 2.05) is 43.3 Å². The number of benzene rings is 2. The Labute approximate surface area is 147 Å². The third-order valence-corrected chi connectivity index (χ3v) is 4.51. The number of rotatable bonds is 4. The Hall–Kier alpha value is -2.82. The molecule has 0 N–H and O–H groups in total. The van der Waals surface area contributed by atoms with E-state index in [1.165, 1.54) is 17.4 Å². The van der Waals surface area contributed by atoms with Gasteiger partial charge in [0.15, 0.2) is 0 Å². The molecule has 5 heteroatoms. The zero-order chi connectivity index (χ0) is 18.0. The maximum atomic E-state index is 13.0. The second-order valence-electron chi connectivity index (χ2n) is 6.25. The third kappa shape index (κ3) is 3.36. The number of anilines is 2. The number of fused-ring (bicyclic) bond motifs is 1. The molecule has 2 aromatic carbocycles. The fourth-order valence-corrected chi connectivity index (χ4v) is 3.32. The standard InChI is InChI=1S/C20H22N2O3/c1-14-11-16-7-4-5-10-19(16)22(14)20(24)13-21(15(2)23)17-8-6-9-18(12-17)25-3/h4-10,12,14H,11,13H2,1-3H3. The van der Waals surface area contributed by atoms with Crippen molar-refractivity contribution in [3.63, 3.8) is 0 Å². The van der Waals surface area contributed by atoms with Crippen molar-refractivity contribution in [1.82, 2.24) is 0 Å². The van der Waals surface area contributed by atoms with Crippen LogP contribution >= 0.6 is 0 Å². The number of ether oxygens (including phenoxy) is 1. The van der Waals surface area contributed by atoms with E-state index < -0.39 is 0 Å². The van der Waals surface area contributed by atoms with Crippen LogP contribution in [0.15, 0.2) is 48.5 Å². The van der Waals surface area contributed by atoms with Gasteiger partial charge in [0.25, 0.3) is 0 Å². The van der Waals surface area contributed by atoms with Gasteiger partial charge in [0, 0.05) is 30.4 Å². The van der Waals surface area contributed by atoms with Crippen LogP contribution in [0.25, 0.3) is 0 Å². The molecule has 2 amide bonds. The molecule has 1 aliphatic rings. The topological polar surface area (TPSA) is 49.9 Å². The van der Waals surface area contributed by atoms with Gasteiger partial charge in [0.2, 0.25) is 11.8 Å². The molecule has 25 heavy (non-hydrogen) atoms. The van der Waals surface area contributed by atoms with Gasteiger partial charge in [-0.1, -0.05) is 24.3 Å². The van der Waals surface area contributed by atoms with Gasteiger partial charge < -0.3 is 14.5 Å². The fraction of sp³-hybridized carbons (Fsp3) is 0.300. The summed E-state index contributed by atoms with van der Waals surface area (Å²) in [5, 5.41) is 0. The van der Waals surface area contributed by atoms with E-state index >= 15 is 0 Å². The number of hydrogen-bond acceptors (Lipinski definition) is 3. The number of carbonyl (C=O) groups excluding carboxylic acids is 2. The Morgan fingerprint density at radius 2 is 1.96 bits per heavy atom. The van der Waals surface area contributed by atoms with Crippen molar-refractivity contribution < 1.29 is 14.3 Å². The van der Waals surface area contributed by atoms with Crippen molar-refractivity contribution in [2.24, 2.45) is 0 Å². The van der Waals surface area contributed by atoms with Crippen LogP contribution in [0.4, 0.5) is 11.4 Å². The van der Waals surface area contributed by atoms with Crippen molar-refractivity contribution in [3.05, 3.63) is 54.1 Å². The Morgan fingerprint density at radius 1 is 1.20 bits per heavy atom. The molecule has 1 atom stereocenters. The third-order valence-electron chi connectivity index (χ3n) is 4.51. The van der Waals surface area contributed by atoms with Crippen molar-refractivity contribution in [2.75, 3.05) is 23.5 Å². The van der Waals surface area contributed by atoms with Gasteiger partial charge in [0.1, 0.15) is 12.3 Å². The Morgan fingerprint density at radius 3 is 2.68 bits per heavy atom. The average molecular weight is 338 g/mol. The highest BCUT2D eigenvalue weighted by Gasteiger charge is 2.32. The lowest BCUT2D eigenvalue weighted by Crippen LogP contribution is -2.44. The highest BCUT2D eigenvalue weighted by Crippen LogP contribution is 2.32. The summed E-state index contributed by atoms with van der Waals surface area (Å²) in [4.78, 5) is 28.4. The second-order valence-corrected chi connectivity index (χ2v) is 6.25. The zero-order valence-electron chi connectivity index (χ0n) is 14.7. The lowest BCUT2D eigenvalue weighted by Gasteiger charge is -2.27. The molecule has 0 bridgehead atoms. The molecular weight excluding hydrogens is 316 g/mol. The molecule has 5 nitrogen and oxygen atoms in total. The van der Waals surface area contributed by atoms with E-state index in [1.54, 1.807) is 24.1 Å². The van der Waals surface area contributed by atoms with Gasteiger partial charge in [-0.25, -0.2) is 0 Å². The monoisotopic (exact) mass is 338 g/mol. The number of hydrogen-bond donors (Lipinski definition) is 0. The first-order chi connectivity index (χ1) is 12.0. The van der Waals surface area contributed by atoms with Gasteiger partial charge >= 0.3 is 0 Å². The molecular formula is C20H22N2O3. The zero-order valence-corrected chi connectivity index (χ0v) is 14.7. The first-order valence-corrected chi connectivity index (χ1v) is 8.33. The summed E-state index contributed by atoms with van der Waals surface area (Å²) in [7, 11) is 1.57. The van der Waals surface area contributed by atoms with Gasteiger partial charge in [0.05, 0.1) is 7.11 Å². The fourth-order valence-electron chi connectivity index (χ4n) is 3.32. The number of nitrogens with zero attached hydrogens (tertiary/aromatic N) is 2. The largest absolute Gasteiger partial charge is 0.497 e. The minimum Gasteiger partial charge on any atom is -0.497 e. The summed E-state index contributed by atoms with van der Waals surface area (Å²) in [6.07, 6.45) is 0.834. The molecule has 0 radical (unpaired) electrons. The lowest BCUT2D eigenvalue weighted by atomic mass is 10.1. The van der Waals surface area contributed by atoms with Crippen LogP contribution in [-0.2, 0) is 16.0 Å². The van der Waals surface area contributed by atoms with E-state index in [-0.39, 0.29) is 24.4 Å². The molecule has 0 aliphatic carbocycles. The Balaban J connectivity index is 1.85. The molecule has 3 rings (SSSR count). The predicted octanol–water partition coefficient (Wildman–Crippen LogP) is 3.03. The van der Waals surface area contributed by atoms with E-state index in [4.69, 9.17) is 4.74 Å². The van der Waals surface area contributed by atoms with E-state index in [2.05, 4.69) is 0 Å². The van der Waals surface area contributed by atoms with Gasteiger partial charge in [-0.2, -0.15) is 0 Å². The highest BCUT2D eigenvalue weighted by molar-refractivity contribution is 6.04. The number of methoxy groups -OCH3 is 1. The summed E-state index contributed by atoms with van der Waals surface area (Å²) in [6, 6.07) is 15.2. The summed E-state index contributed by atoms with van der Waals surface area (Å²) in [5.74, 6) is 0.383. The van der Waals surface area contributed by atoms with E-state index in [0.29, 0.717) is 11.4 Å². The van der Waals surface area contributed by atoms with Crippen molar-refractivity contribution in [1.29, 1.82) is 0 Å². The molecule has 0 fully saturated rings. The minimum absolute atomic E-state index is 0.00117. The minimum atomic E-state index is -0.179. The number of amides is 2. The van der Waals surface area contributed by atoms with Crippen molar-refractivity contribution >= 4 is 23.2 Å². The van der Waals surface area contributed by atoms with Crippen molar-refractivity contribution in [3.8, 4) is 5.75 Å². The molecule has 0 spiro atoms. The quantitative estimate of drug-likeness (QED) is 0.861. The van der Waals surface area contributed by atoms with Crippen LogP contribution in [0.3, 0.4) is 0 Å². The molecule has 1 aliphatic heterocycles. The first kappa shape index (κ1) is 17.0. The average Bonchev–Trinajstić information content (AvgIpc) is 2.95. The molecule has 2 aromatic rings. The van der Waals surface area contributed by atoms with E-state index in [0.717, 1.165) is 12.1 Å². The summed E-state index contributed by atoms with van der Waals surface area (Å²) in [6.45, 7) is 3.50. The van der Waals surface area contributed by atoms with Crippen LogP contribution in [0.2, 0.25) is 0 Å². The molecule has 130 valence electrons. The Bertz CT molecular complexity index is 803. The summed E-state index contributed by atoms with van der Waals surface area (Å²) >= 11 is 0. The van der Waals surface area contributed by atoms with Gasteiger partial charge in [-0.05, 0) is 37.1 Å². The molecule has 1 heterocycles. The lowest BCUT2D eigenvalue weighted by molar-refractivity contribution is -0.121. The summed E-state index contributed by atoms with van der Waals surface area (Å²) < 4.78 is 5.22. The smallest absolute Gasteiger partial charge is 0.247 e. The predicted molar refractivity (Wildman–Crippen MR) is 98.1 cm³/mol. The van der Waals surface area contributed by atoms with Gasteiger partial charge in [-0.3, -0.25) is 9.59 Å². The maximum Gasteiger partial charge on any atom is 0.247 e. The maximum absolute atomic E-state index is 13.0. The van der Waals surface area contributed by atoms with Gasteiger partial charge in [-0.15, -0.1) is 0 Å². The molecule has 0 saturated carbocycles. The molecule has 0 aromatic heterocycles. The van der Waals surface area contributed by atoms with Crippen LogP contribution < -0.4 is 14.5 Å².